The normalized spacial score (nSPS) is 11.1. The van der Waals surface area contributed by atoms with Gasteiger partial charge in [-0.2, -0.15) is 0 Å². The maximum absolute atomic E-state index is 4.44. The summed E-state index contributed by atoms with van der Waals surface area (Å²) < 4.78 is 1.26. The number of rotatable bonds is 2. The lowest BCUT2D eigenvalue weighted by Crippen LogP contribution is -1.89. The average Bonchev–Trinajstić information content (AvgIpc) is 2.87. The highest BCUT2D eigenvalue weighted by Gasteiger charge is 2.06. The van der Waals surface area contributed by atoms with Crippen molar-refractivity contribution in [1.29, 1.82) is 0 Å². The van der Waals surface area contributed by atoms with Crippen molar-refractivity contribution in [3.63, 3.8) is 0 Å². The molecule has 0 atom stereocenters. The second-order valence-electron chi connectivity index (χ2n) is 5.16. The van der Waals surface area contributed by atoms with E-state index in [-0.39, 0.29) is 0 Å². The maximum atomic E-state index is 4.44. The number of pyridine rings is 1. The first-order chi connectivity index (χ1) is 10.3. The number of nitrogens with one attached hydrogen (secondary N) is 1. The molecular formula is C18H14N2S. The number of hydrogen-bond donors (Lipinski definition) is 1. The van der Waals surface area contributed by atoms with Crippen molar-refractivity contribution in [2.45, 2.75) is 6.92 Å². The molecule has 0 aliphatic carbocycles. The van der Waals surface area contributed by atoms with Crippen LogP contribution in [0.3, 0.4) is 0 Å². The van der Waals surface area contributed by atoms with Crippen LogP contribution in [-0.2, 0) is 0 Å². The molecule has 0 aliphatic heterocycles. The van der Waals surface area contributed by atoms with E-state index in [1.807, 2.05) is 12.3 Å². The summed E-state index contributed by atoms with van der Waals surface area (Å²) in [5, 5.41) is 5.96. The van der Waals surface area contributed by atoms with Crippen LogP contribution in [0.4, 0.5) is 11.4 Å². The quantitative estimate of drug-likeness (QED) is 0.527. The van der Waals surface area contributed by atoms with Gasteiger partial charge in [0.2, 0.25) is 0 Å². The van der Waals surface area contributed by atoms with E-state index in [9.17, 15) is 0 Å². The van der Waals surface area contributed by atoms with Gasteiger partial charge in [0.1, 0.15) is 4.83 Å². The molecule has 2 heterocycles. The van der Waals surface area contributed by atoms with Crippen LogP contribution in [0.2, 0.25) is 0 Å². The van der Waals surface area contributed by atoms with Gasteiger partial charge in [-0.05, 0) is 43.3 Å². The first kappa shape index (κ1) is 12.4. The Hall–Kier alpha value is -2.39. The second-order valence-corrected chi connectivity index (χ2v) is 6.19. The van der Waals surface area contributed by atoms with Crippen LogP contribution in [0.25, 0.3) is 20.3 Å². The lowest BCUT2D eigenvalue weighted by molar-refractivity contribution is 1.45. The minimum Gasteiger partial charge on any atom is -0.355 e. The Kier molecular flexibility index (Phi) is 2.86. The van der Waals surface area contributed by atoms with E-state index in [4.69, 9.17) is 0 Å². The van der Waals surface area contributed by atoms with Crippen molar-refractivity contribution < 1.29 is 0 Å². The van der Waals surface area contributed by atoms with Crippen LogP contribution in [-0.4, -0.2) is 4.98 Å². The van der Waals surface area contributed by atoms with Gasteiger partial charge >= 0.3 is 0 Å². The zero-order valence-corrected chi connectivity index (χ0v) is 12.4. The Morgan fingerprint density at radius 3 is 2.57 bits per heavy atom. The molecule has 0 saturated carbocycles. The Morgan fingerprint density at radius 2 is 1.71 bits per heavy atom. The smallest absolute Gasteiger partial charge is 0.124 e. The van der Waals surface area contributed by atoms with Gasteiger partial charge in [-0.3, -0.25) is 0 Å². The fraction of sp³-hybridized carbons (Fsp3) is 0.0556. The number of aryl methyl sites for hydroxylation is 1. The van der Waals surface area contributed by atoms with Gasteiger partial charge in [-0.15, -0.1) is 11.3 Å². The molecule has 2 aromatic carbocycles. The average molecular weight is 290 g/mol. The van der Waals surface area contributed by atoms with E-state index in [1.165, 1.54) is 21.0 Å². The van der Waals surface area contributed by atoms with Crippen molar-refractivity contribution in [1.82, 2.24) is 4.98 Å². The first-order valence-corrected chi connectivity index (χ1v) is 7.72. The standard InChI is InChI=1S/C18H14N2S/c1-12-4-6-13(7-5-12)20-14-8-9-15-16-3-2-10-19-18(16)21-17(15)11-14/h2-11,20H,1H3. The highest BCUT2D eigenvalue weighted by atomic mass is 32.1. The Bertz CT molecular complexity index is 923. The second kappa shape index (κ2) is 4.86. The van der Waals surface area contributed by atoms with Gasteiger partial charge in [-0.1, -0.05) is 23.8 Å². The van der Waals surface area contributed by atoms with Crippen LogP contribution in [0.15, 0.2) is 60.8 Å². The van der Waals surface area contributed by atoms with Gasteiger partial charge in [0.05, 0.1) is 0 Å². The summed E-state index contributed by atoms with van der Waals surface area (Å²) >= 11 is 1.74. The Balaban J connectivity index is 1.76. The number of anilines is 2. The highest BCUT2D eigenvalue weighted by Crippen LogP contribution is 2.34. The van der Waals surface area contributed by atoms with Crippen LogP contribution in [0.1, 0.15) is 5.56 Å². The van der Waals surface area contributed by atoms with E-state index >= 15 is 0 Å². The molecule has 0 fully saturated rings. The summed E-state index contributed by atoms with van der Waals surface area (Å²) in [7, 11) is 0. The van der Waals surface area contributed by atoms with Gasteiger partial charge in [0.15, 0.2) is 0 Å². The number of benzene rings is 2. The SMILES string of the molecule is Cc1ccc(Nc2ccc3c(c2)sc2ncccc23)cc1. The molecule has 21 heavy (non-hydrogen) atoms. The number of nitrogens with zero attached hydrogens (tertiary/aromatic N) is 1. The lowest BCUT2D eigenvalue weighted by Gasteiger charge is -2.06. The summed E-state index contributed by atoms with van der Waals surface area (Å²) in [5.41, 5.74) is 3.49. The molecule has 0 aliphatic rings. The molecule has 102 valence electrons. The summed E-state index contributed by atoms with van der Waals surface area (Å²) in [4.78, 5) is 5.54. The number of hydrogen-bond acceptors (Lipinski definition) is 3. The summed E-state index contributed by atoms with van der Waals surface area (Å²) in [6, 6.07) is 19.1. The third-order valence-electron chi connectivity index (χ3n) is 3.59. The summed E-state index contributed by atoms with van der Waals surface area (Å²) in [5.74, 6) is 0. The third-order valence-corrected chi connectivity index (χ3v) is 4.67. The minimum atomic E-state index is 1.10. The topological polar surface area (TPSA) is 24.9 Å². The predicted octanol–water partition coefficient (Wildman–Crippen LogP) is 5.50. The number of thiophene rings is 1. The Morgan fingerprint density at radius 1 is 0.905 bits per heavy atom. The molecular weight excluding hydrogens is 276 g/mol. The molecule has 3 heteroatoms. The molecule has 0 saturated heterocycles. The molecule has 2 aromatic heterocycles. The molecule has 0 unspecified atom stereocenters. The van der Waals surface area contributed by atoms with Crippen LogP contribution < -0.4 is 5.32 Å². The minimum absolute atomic E-state index is 1.10. The van der Waals surface area contributed by atoms with Gasteiger partial charge in [0.25, 0.3) is 0 Å². The molecule has 4 aromatic rings. The molecule has 0 spiro atoms. The maximum Gasteiger partial charge on any atom is 0.124 e. The molecule has 0 radical (unpaired) electrons. The van der Waals surface area contributed by atoms with Crippen LogP contribution >= 0.6 is 11.3 Å². The van der Waals surface area contributed by atoms with E-state index in [2.05, 4.69) is 65.8 Å². The van der Waals surface area contributed by atoms with Crippen LogP contribution in [0, 0.1) is 6.92 Å². The van der Waals surface area contributed by atoms with E-state index in [1.54, 1.807) is 11.3 Å². The molecule has 1 N–H and O–H groups in total. The largest absolute Gasteiger partial charge is 0.355 e. The van der Waals surface area contributed by atoms with Crippen molar-refractivity contribution >= 4 is 43.0 Å². The predicted molar refractivity (Wildman–Crippen MR) is 91.6 cm³/mol. The van der Waals surface area contributed by atoms with Crippen molar-refractivity contribution in [3.8, 4) is 0 Å². The zero-order valence-electron chi connectivity index (χ0n) is 11.6. The fourth-order valence-electron chi connectivity index (χ4n) is 2.49. The van der Waals surface area contributed by atoms with E-state index < -0.39 is 0 Å². The Labute approximate surface area is 127 Å². The lowest BCUT2D eigenvalue weighted by atomic mass is 10.1. The molecule has 4 rings (SSSR count). The van der Waals surface area contributed by atoms with Gasteiger partial charge < -0.3 is 5.32 Å². The highest BCUT2D eigenvalue weighted by molar-refractivity contribution is 7.25. The van der Waals surface area contributed by atoms with Gasteiger partial charge in [0, 0.05) is 33.0 Å². The summed E-state index contributed by atoms with van der Waals surface area (Å²) in [6.45, 7) is 2.10. The first-order valence-electron chi connectivity index (χ1n) is 6.90. The monoisotopic (exact) mass is 290 g/mol. The van der Waals surface area contributed by atoms with Crippen molar-refractivity contribution in [3.05, 3.63) is 66.4 Å². The number of fused-ring (bicyclic) bond motifs is 3. The van der Waals surface area contributed by atoms with Crippen molar-refractivity contribution in [2.75, 3.05) is 5.32 Å². The van der Waals surface area contributed by atoms with Crippen LogP contribution in [0.5, 0.6) is 0 Å². The zero-order chi connectivity index (χ0) is 14.2. The number of aromatic nitrogens is 1. The fourth-order valence-corrected chi connectivity index (χ4v) is 3.58. The summed E-state index contributed by atoms with van der Waals surface area (Å²) in [6.07, 6.45) is 1.85. The molecule has 2 nitrogen and oxygen atoms in total. The molecule has 0 amide bonds. The van der Waals surface area contributed by atoms with Crippen molar-refractivity contribution in [2.24, 2.45) is 0 Å². The third kappa shape index (κ3) is 2.26. The van der Waals surface area contributed by atoms with Gasteiger partial charge in [-0.25, -0.2) is 4.98 Å². The van der Waals surface area contributed by atoms with E-state index in [0.29, 0.717) is 0 Å². The molecule has 0 bridgehead atoms. The van der Waals surface area contributed by atoms with E-state index in [0.717, 1.165) is 16.2 Å².